The zero-order valence-electron chi connectivity index (χ0n) is 73.6. The van der Waals surface area contributed by atoms with E-state index in [1.807, 2.05) is 0 Å². The topological polar surface area (TPSA) is 237 Å². The molecular formula is C92H180O17P2. The molecule has 0 fully saturated rings. The van der Waals surface area contributed by atoms with Gasteiger partial charge < -0.3 is 33.8 Å². The van der Waals surface area contributed by atoms with E-state index in [-0.39, 0.29) is 25.7 Å². The van der Waals surface area contributed by atoms with Crippen LogP contribution in [0.1, 0.15) is 486 Å². The van der Waals surface area contributed by atoms with E-state index in [0.29, 0.717) is 31.6 Å². The van der Waals surface area contributed by atoms with E-state index in [0.717, 1.165) is 114 Å². The summed E-state index contributed by atoms with van der Waals surface area (Å²) in [5, 5.41) is 10.7. The minimum atomic E-state index is -4.97. The summed E-state index contributed by atoms with van der Waals surface area (Å²) in [5.74, 6) is 1.14. The van der Waals surface area contributed by atoms with Gasteiger partial charge in [0.2, 0.25) is 0 Å². The molecule has 0 aliphatic heterocycles. The second-order valence-corrected chi connectivity index (χ2v) is 37.4. The highest BCUT2D eigenvalue weighted by Gasteiger charge is 2.31. The number of phosphoric ester groups is 2. The van der Waals surface area contributed by atoms with Crippen molar-refractivity contribution < 1.29 is 80.2 Å². The molecule has 0 heterocycles. The van der Waals surface area contributed by atoms with Crippen molar-refractivity contribution in [3.63, 3.8) is 0 Å². The van der Waals surface area contributed by atoms with Crippen LogP contribution >= 0.6 is 15.6 Å². The zero-order chi connectivity index (χ0) is 81.6. The van der Waals surface area contributed by atoms with Crippen molar-refractivity contribution >= 4 is 39.5 Å². The summed E-state index contributed by atoms with van der Waals surface area (Å²) >= 11 is 0. The van der Waals surface area contributed by atoms with Crippen LogP contribution in [0.25, 0.3) is 0 Å². The molecule has 0 saturated heterocycles. The minimum Gasteiger partial charge on any atom is -0.462 e. The average molecular weight is 1620 g/mol. The molecule has 19 heteroatoms. The molecule has 0 saturated carbocycles. The van der Waals surface area contributed by atoms with Crippen LogP contribution in [0.15, 0.2) is 0 Å². The van der Waals surface area contributed by atoms with Gasteiger partial charge in [-0.25, -0.2) is 9.13 Å². The van der Waals surface area contributed by atoms with Crippen LogP contribution in [0.5, 0.6) is 0 Å². The molecule has 0 radical (unpaired) electrons. The molecule has 0 amide bonds. The summed E-state index contributed by atoms with van der Waals surface area (Å²) in [5.41, 5.74) is 0. The van der Waals surface area contributed by atoms with Gasteiger partial charge in [-0.15, -0.1) is 0 Å². The van der Waals surface area contributed by atoms with Crippen LogP contribution in [0.3, 0.4) is 0 Å². The third kappa shape index (κ3) is 82.9. The molecule has 0 aromatic heterocycles. The molecule has 0 aliphatic rings. The third-order valence-corrected chi connectivity index (χ3v) is 24.2. The summed E-state index contributed by atoms with van der Waals surface area (Å²) in [6.45, 7) is 14.4. The lowest BCUT2D eigenvalue weighted by atomic mass is 9.99. The van der Waals surface area contributed by atoms with Gasteiger partial charge in [0, 0.05) is 25.7 Å². The van der Waals surface area contributed by atoms with Crippen LogP contribution in [-0.4, -0.2) is 96.7 Å². The van der Waals surface area contributed by atoms with Crippen molar-refractivity contribution in [2.75, 3.05) is 39.6 Å². The number of hydrogen-bond acceptors (Lipinski definition) is 15. The van der Waals surface area contributed by atoms with Gasteiger partial charge in [0.15, 0.2) is 12.2 Å². The molecule has 17 nitrogen and oxygen atoms in total. The Balaban J connectivity index is 5.22. The molecule has 0 aliphatic carbocycles. The zero-order valence-corrected chi connectivity index (χ0v) is 75.4. The molecule has 5 unspecified atom stereocenters. The Hall–Kier alpha value is -1.94. The van der Waals surface area contributed by atoms with E-state index in [4.69, 9.17) is 37.0 Å². The highest BCUT2D eigenvalue weighted by molar-refractivity contribution is 7.47. The number of aliphatic hydroxyl groups excluding tert-OH is 1. The van der Waals surface area contributed by atoms with Crippen LogP contribution in [0, 0.1) is 23.7 Å². The Kier molecular flexibility index (Phi) is 79.1. The Morgan fingerprint density at radius 1 is 0.252 bits per heavy atom. The fourth-order valence-corrected chi connectivity index (χ4v) is 15.9. The molecular weight excluding hydrogens is 1440 g/mol. The lowest BCUT2D eigenvalue weighted by Crippen LogP contribution is -2.30. The van der Waals surface area contributed by atoms with Crippen molar-refractivity contribution in [3.8, 4) is 0 Å². The van der Waals surface area contributed by atoms with Crippen molar-refractivity contribution in [2.45, 2.75) is 504 Å². The monoisotopic (exact) mass is 1620 g/mol. The maximum absolute atomic E-state index is 13.2. The van der Waals surface area contributed by atoms with Gasteiger partial charge >= 0.3 is 39.5 Å². The van der Waals surface area contributed by atoms with Crippen molar-refractivity contribution in [1.82, 2.24) is 0 Å². The molecule has 0 rings (SSSR count). The molecule has 0 aromatic carbocycles. The minimum absolute atomic E-state index is 0.107. The maximum atomic E-state index is 13.2. The number of phosphoric acid groups is 2. The molecule has 0 spiro atoms. The highest BCUT2D eigenvalue weighted by atomic mass is 31.2. The van der Waals surface area contributed by atoms with Gasteiger partial charge in [-0.05, 0) is 49.4 Å². The first kappa shape index (κ1) is 109. The van der Waals surface area contributed by atoms with E-state index >= 15 is 0 Å². The number of aliphatic hydroxyl groups is 1. The molecule has 0 aromatic rings. The Morgan fingerprint density at radius 3 is 0.640 bits per heavy atom. The van der Waals surface area contributed by atoms with Gasteiger partial charge in [-0.3, -0.25) is 37.3 Å². The number of carbonyl (C=O) groups excluding carboxylic acids is 4. The third-order valence-electron chi connectivity index (χ3n) is 22.3. The van der Waals surface area contributed by atoms with E-state index in [9.17, 15) is 43.2 Å². The Labute approximate surface area is 683 Å². The van der Waals surface area contributed by atoms with E-state index < -0.39 is 97.5 Å². The molecule has 111 heavy (non-hydrogen) atoms. The van der Waals surface area contributed by atoms with Gasteiger partial charge in [0.1, 0.15) is 19.3 Å². The first-order chi connectivity index (χ1) is 53.7. The number of rotatable bonds is 89. The van der Waals surface area contributed by atoms with Crippen molar-refractivity contribution in [3.05, 3.63) is 0 Å². The maximum Gasteiger partial charge on any atom is 0.472 e. The first-order valence-corrected chi connectivity index (χ1v) is 50.3. The average Bonchev–Trinajstić information content (AvgIpc) is 0.900. The molecule has 7 atom stereocenters. The number of hydrogen-bond donors (Lipinski definition) is 3. The standard InChI is InChI=1S/C92H180O17P2/c1-9-84(7)70-62-54-46-38-32-26-20-16-12-14-17-21-28-34-40-48-56-64-72-89(94)102-78-87(108-91(96)74-66-58-49-41-35-29-22-18-13-11-15-19-25-31-37-44-52-60-68-82(3)4)80-106-110(98,99)104-76-86(93)77-105-111(100,101)107-81-88(79-103-90(95)73-65-57-51-43-45-53-61-69-83(5)6)109-92(97)75-67-59-50-42-36-30-24-23-27-33-39-47-55-63-71-85(8)10-2/h82-88,93H,9-81H2,1-8H3,(H,98,99)(H,100,101)/t84?,85?,86?,87-,88-/m1/s1. The number of esters is 4. The van der Waals surface area contributed by atoms with Crippen molar-refractivity contribution in [1.29, 1.82) is 0 Å². The predicted octanol–water partition coefficient (Wildman–Crippen LogP) is 28.3. The SMILES string of the molecule is CCC(C)CCCCCCCCCCCCCCCCCCCCC(=O)OC[C@H](COP(=O)(O)OCC(O)COP(=O)(O)OC[C@@H](COC(=O)CCCCCCCCCC(C)C)OC(=O)CCCCCCCCCCCCCCCCC(C)CC)OC(=O)CCCCCCCCCCCCCCCCCCCCC(C)C. The van der Waals surface area contributed by atoms with E-state index in [2.05, 4.69) is 55.4 Å². The largest absolute Gasteiger partial charge is 0.472 e. The fraction of sp³-hybridized carbons (Fsp3) is 0.957. The normalized spacial score (nSPS) is 14.3. The summed E-state index contributed by atoms with van der Waals surface area (Å²) in [6, 6.07) is 0. The van der Waals surface area contributed by atoms with Gasteiger partial charge in [0.05, 0.1) is 26.4 Å². The van der Waals surface area contributed by atoms with Gasteiger partial charge in [0.25, 0.3) is 0 Å². The van der Waals surface area contributed by atoms with Crippen molar-refractivity contribution in [2.24, 2.45) is 23.7 Å². The Morgan fingerprint density at radius 2 is 0.432 bits per heavy atom. The van der Waals surface area contributed by atoms with E-state index in [1.165, 1.54) is 283 Å². The van der Waals surface area contributed by atoms with Gasteiger partial charge in [-0.2, -0.15) is 0 Å². The highest BCUT2D eigenvalue weighted by Crippen LogP contribution is 2.45. The van der Waals surface area contributed by atoms with Crippen LogP contribution in [-0.2, 0) is 65.4 Å². The summed E-state index contributed by atoms with van der Waals surface area (Å²) in [4.78, 5) is 73.4. The quantitative estimate of drug-likeness (QED) is 0.0222. The number of ether oxygens (including phenoxy) is 4. The van der Waals surface area contributed by atoms with Crippen LogP contribution < -0.4 is 0 Å². The van der Waals surface area contributed by atoms with Crippen LogP contribution in [0.2, 0.25) is 0 Å². The number of carbonyl (C=O) groups is 4. The smallest absolute Gasteiger partial charge is 0.462 e. The Bertz CT molecular complexity index is 2150. The summed E-state index contributed by atoms with van der Waals surface area (Å²) < 4.78 is 69.1. The molecule has 3 N–H and O–H groups in total. The lowest BCUT2D eigenvalue weighted by Gasteiger charge is -2.21. The predicted molar refractivity (Wildman–Crippen MR) is 460 cm³/mol. The second-order valence-electron chi connectivity index (χ2n) is 34.5. The number of unbranched alkanes of at least 4 members (excludes halogenated alkanes) is 53. The first-order valence-electron chi connectivity index (χ1n) is 47.3. The van der Waals surface area contributed by atoms with Crippen LogP contribution in [0.4, 0.5) is 0 Å². The summed E-state index contributed by atoms with van der Waals surface area (Å²) in [7, 11) is -9.94. The molecule has 0 bridgehead atoms. The van der Waals surface area contributed by atoms with Gasteiger partial charge in [-0.1, -0.05) is 434 Å². The van der Waals surface area contributed by atoms with E-state index in [1.54, 1.807) is 0 Å². The summed E-state index contributed by atoms with van der Waals surface area (Å²) in [6.07, 6.45) is 72.3. The fourth-order valence-electron chi connectivity index (χ4n) is 14.3. The lowest BCUT2D eigenvalue weighted by molar-refractivity contribution is -0.161. The second kappa shape index (κ2) is 80.5. The molecule has 660 valence electrons.